The highest BCUT2D eigenvalue weighted by atomic mass is 35.5. The number of nitriles is 1. The van der Waals surface area contributed by atoms with Crippen LogP contribution in [0.2, 0.25) is 10.0 Å². The van der Waals surface area contributed by atoms with E-state index in [9.17, 15) is 4.79 Å². The first-order chi connectivity index (χ1) is 12.5. The van der Waals surface area contributed by atoms with Crippen molar-refractivity contribution in [2.24, 2.45) is 0 Å². The van der Waals surface area contributed by atoms with Crippen LogP contribution in [-0.4, -0.2) is 42.1 Å². The van der Waals surface area contributed by atoms with Gasteiger partial charge in [-0.1, -0.05) is 23.2 Å². The molecule has 2 amide bonds. The van der Waals surface area contributed by atoms with Gasteiger partial charge in [-0.05, 0) is 36.8 Å². The quantitative estimate of drug-likeness (QED) is 0.841. The minimum atomic E-state index is -0.182. The van der Waals surface area contributed by atoms with E-state index in [1.807, 2.05) is 6.07 Å². The summed E-state index contributed by atoms with van der Waals surface area (Å²) in [4.78, 5) is 20.7. The van der Waals surface area contributed by atoms with E-state index >= 15 is 0 Å². The average molecular weight is 390 g/mol. The van der Waals surface area contributed by atoms with E-state index in [0.29, 0.717) is 40.9 Å². The number of hydrogen-bond donors (Lipinski definition) is 1. The molecule has 134 valence electrons. The Bertz CT molecular complexity index is 814. The Morgan fingerprint density at radius 2 is 1.88 bits per heavy atom. The van der Waals surface area contributed by atoms with Crippen molar-refractivity contribution < 1.29 is 4.79 Å². The first-order valence-electron chi connectivity index (χ1n) is 8.18. The maximum atomic E-state index is 12.5. The molecule has 2 aromatic rings. The molecule has 1 aromatic carbocycles. The molecule has 0 bridgehead atoms. The lowest BCUT2D eigenvalue weighted by atomic mass is 10.3. The van der Waals surface area contributed by atoms with E-state index in [0.717, 1.165) is 18.8 Å². The first-order valence-corrected chi connectivity index (χ1v) is 8.94. The number of hydrogen-bond acceptors (Lipinski definition) is 4. The number of nitrogens with one attached hydrogen (secondary N) is 1. The zero-order chi connectivity index (χ0) is 18.5. The van der Waals surface area contributed by atoms with Gasteiger partial charge in [0.25, 0.3) is 0 Å². The van der Waals surface area contributed by atoms with Crippen LogP contribution in [0.4, 0.5) is 16.3 Å². The molecule has 1 aromatic heterocycles. The van der Waals surface area contributed by atoms with Gasteiger partial charge in [0.2, 0.25) is 0 Å². The van der Waals surface area contributed by atoms with Gasteiger partial charge in [-0.2, -0.15) is 5.26 Å². The number of anilines is 2. The normalized spacial score (nSPS) is 14.5. The number of pyridine rings is 1. The zero-order valence-corrected chi connectivity index (χ0v) is 15.5. The third-order valence-electron chi connectivity index (χ3n) is 4.10. The van der Waals surface area contributed by atoms with Crippen molar-refractivity contribution in [2.75, 3.05) is 36.4 Å². The van der Waals surface area contributed by atoms with E-state index < -0.39 is 0 Å². The van der Waals surface area contributed by atoms with Gasteiger partial charge in [0.15, 0.2) is 0 Å². The molecule has 26 heavy (non-hydrogen) atoms. The largest absolute Gasteiger partial charge is 0.355 e. The van der Waals surface area contributed by atoms with Crippen molar-refractivity contribution in [1.82, 2.24) is 9.88 Å². The number of carbonyl (C=O) groups is 1. The fourth-order valence-electron chi connectivity index (χ4n) is 2.82. The topological polar surface area (TPSA) is 72.3 Å². The van der Waals surface area contributed by atoms with Crippen molar-refractivity contribution in [1.29, 1.82) is 5.26 Å². The van der Waals surface area contributed by atoms with Gasteiger partial charge >= 0.3 is 6.03 Å². The summed E-state index contributed by atoms with van der Waals surface area (Å²) < 4.78 is 0. The van der Waals surface area contributed by atoms with Crippen LogP contribution in [0.5, 0.6) is 0 Å². The Balaban J connectivity index is 1.62. The van der Waals surface area contributed by atoms with Crippen LogP contribution >= 0.6 is 23.2 Å². The molecule has 6 nitrogen and oxygen atoms in total. The van der Waals surface area contributed by atoms with Crippen LogP contribution in [0.25, 0.3) is 0 Å². The molecule has 8 heteroatoms. The van der Waals surface area contributed by atoms with Crippen LogP contribution in [-0.2, 0) is 0 Å². The number of benzene rings is 1. The smallest absolute Gasteiger partial charge is 0.321 e. The summed E-state index contributed by atoms with van der Waals surface area (Å²) in [6.45, 7) is 2.68. The Labute approximate surface area is 161 Å². The van der Waals surface area contributed by atoms with Crippen molar-refractivity contribution in [3.63, 3.8) is 0 Å². The Kier molecular flexibility index (Phi) is 5.82. The van der Waals surface area contributed by atoms with Crippen molar-refractivity contribution in [2.45, 2.75) is 6.42 Å². The molecular weight excluding hydrogens is 373 g/mol. The molecule has 3 rings (SSSR count). The van der Waals surface area contributed by atoms with Gasteiger partial charge in [0.05, 0.1) is 5.56 Å². The molecule has 1 aliphatic heterocycles. The number of halogens is 2. The van der Waals surface area contributed by atoms with Crippen LogP contribution in [0.1, 0.15) is 12.0 Å². The molecule has 1 fully saturated rings. The first kappa shape index (κ1) is 18.3. The minimum Gasteiger partial charge on any atom is -0.355 e. The average Bonchev–Trinajstić information content (AvgIpc) is 2.87. The molecule has 1 N–H and O–H groups in total. The highest BCUT2D eigenvalue weighted by molar-refractivity contribution is 6.35. The minimum absolute atomic E-state index is 0.182. The Morgan fingerprint density at radius 1 is 1.12 bits per heavy atom. The van der Waals surface area contributed by atoms with Gasteiger partial charge in [0.1, 0.15) is 11.9 Å². The second-order valence-corrected chi connectivity index (χ2v) is 6.81. The molecule has 0 unspecified atom stereocenters. The monoisotopic (exact) mass is 389 g/mol. The predicted molar refractivity (Wildman–Crippen MR) is 103 cm³/mol. The second-order valence-electron chi connectivity index (χ2n) is 5.93. The molecule has 0 spiro atoms. The molecule has 2 heterocycles. The van der Waals surface area contributed by atoms with Gasteiger partial charge in [0, 0.05) is 48.1 Å². The Hall–Kier alpha value is -2.49. The molecule has 0 saturated carbocycles. The van der Waals surface area contributed by atoms with Gasteiger partial charge in [-0.15, -0.1) is 0 Å². The molecule has 0 radical (unpaired) electrons. The van der Waals surface area contributed by atoms with Crippen molar-refractivity contribution >= 4 is 40.7 Å². The summed E-state index contributed by atoms with van der Waals surface area (Å²) in [5.41, 5.74) is 1.10. The number of carbonyl (C=O) groups excluding carboxylic acids is 1. The van der Waals surface area contributed by atoms with Gasteiger partial charge in [-0.25, -0.2) is 9.78 Å². The third kappa shape index (κ3) is 4.57. The zero-order valence-electron chi connectivity index (χ0n) is 14.0. The summed E-state index contributed by atoms with van der Waals surface area (Å²) in [6.07, 6.45) is 2.39. The lowest BCUT2D eigenvalue weighted by Gasteiger charge is -2.23. The summed E-state index contributed by atoms with van der Waals surface area (Å²) in [6, 6.07) is 10.4. The molecular formula is C18H17Cl2N5O. The number of nitrogens with zero attached hydrogens (tertiary/aromatic N) is 4. The standard InChI is InChI=1S/C18H17Cl2N5O/c19-14-8-15(20)10-16(9-14)23-18(26)25-5-1-4-24(6-7-25)17-3-2-13(11-21)12-22-17/h2-3,8-10,12H,1,4-7H2,(H,23,26). The van der Waals surface area contributed by atoms with Gasteiger partial charge < -0.3 is 15.1 Å². The third-order valence-corrected chi connectivity index (χ3v) is 4.53. The lowest BCUT2D eigenvalue weighted by molar-refractivity contribution is 0.215. The fourth-order valence-corrected chi connectivity index (χ4v) is 3.34. The molecule has 1 saturated heterocycles. The summed E-state index contributed by atoms with van der Waals surface area (Å²) >= 11 is 11.9. The van der Waals surface area contributed by atoms with E-state index in [-0.39, 0.29) is 6.03 Å². The van der Waals surface area contributed by atoms with Gasteiger partial charge in [-0.3, -0.25) is 0 Å². The number of aromatic nitrogens is 1. The highest BCUT2D eigenvalue weighted by Crippen LogP contribution is 2.23. The fraction of sp³-hybridized carbons (Fsp3) is 0.278. The molecule has 0 atom stereocenters. The van der Waals surface area contributed by atoms with E-state index in [1.54, 1.807) is 35.4 Å². The number of rotatable bonds is 2. The maximum absolute atomic E-state index is 12.5. The lowest BCUT2D eigenvalue weighted by Crippen LogP contribution is -2.38. The van der Waals surface area contributed by atoms with Crippen LogP contribution < -0.4 is 10.2 Å². The van der Waals surface area contributed by atoms with E-state index in [4.69, 9.17) is 28.5 Å². The highest BCUT2D eigenvalue weighted by Gasteiger charge is 2.20. The van der Waals surface area contributed by atoms with Crippen LogP contribution in [0.3, 0.4) is 0 Å². The van der Waals surface area contributed by atoms with Crippen molar-refractivity contribution in [3.8, 4) is 6.07 Å². The van der Waals surface area contributed by atoms with Crippen molar-refractivity contribution in [3.05, 3.63) is 52.1 Å². The molecule has 1 aliphatic rings. The summed E-state index contributed by atoms with van der Waals surface area (Å²) in [7, 11) is 0. The SMILES string of the molecule is N#Cc1ccc(N2CCCN(C(=O)Nc3cc(Cl)cc(Cl)c3)CC2)nc1. The predicted octanol–water partition coefficient (Wildman–Crippen LogP) is 4.00. The van der Waals surface area contributed by atoms with Crippen LogP contribution in [0.15, 0.2) is 36.5 Å². The Morgan fingerprint density at radius 3 is 2.54 bits per heavy atom. The maximum Gasteiger partial charge on any atom is 0.321 e. The van der Waals surface area contributed by atoms with Crippen LogP contribution in [0, 0.1) is 11.3 Å². The van der Waals surface area contributed by atoms with E-state index in [1.165, 1.54) is 0 Å². The van der Waals surface area contributed by atoms with E-state index in [2.05, 4.69) is 21.3 Å². The summed E-state index contributed by atoms with van der Waals surface area (Å²) in [5, 5.41) is 12.7. The number of urea groups is 1. The summed E-state index contributed by atoms with van der Waals surface area (Å²) in [5.74, 6) is 0.813. The number of amides is 2. The second kappa shape index (κ2) is 8.26. The molecule has 0 aliphatic carbocycles.